The van der Waals surface area contributed by atoms with Crippen LogP contribution in [-0.2, 0) is 0 Å². The van der Waals surface area contributed by atoms with E-state index in [1.807, 2.05) is 0 Å². The van der Waals surface area contributed by atoms with Crippen molar-refractivity contribution < 1.29 is 4.74 Å². The Bertz CT molecular complexity index is 625. The van der Waals surface area contributed by atoms with Crippen LogP contribution in [0.4, 0.5) is 5.69 Å². The van der Waals surface area contributed by atoms with Crippen molar-refractivity contribution in [3.8, 4) is 5.75 Å². The van der Waals surface area contributed by atoms with Crippen LogP contribution in [0.3, 0.4) is 0 Å². The Kier molecular flexibility index (Phi) is 4.65. The quantitative estimate of drug-likeness (QED) is 0.893. The lowest BCUT2D eigenvalue weighted by atomic mass is 9.65. The van der Waals surface area contributed by atoms with E-state index in [4.69, 9.17) is 4.74 Å². The van der Waals surface area contributed by atoms with Crippen molar-refractivity contribution in [3.05, 3.63) is 29.8 Å². The molecule has 0 aromatic heterocycles. The van der Waals surface area contributed by atoms with Gasteiger partial charge in [0.25, 0.3) is 0 Å². The summed E-state index contributed by atoms with van der Waals surface area (Å²) in [6.45, 7) is 13.7. The molecule has 0 spiro atoms. The second kappa shape index (κ2) is 6.44. The highest BCUT2D eigenvalue weighted by atomic mass is 16.5. The van der Waals surface area contributed by atoms with Gasteiger partial charge >= 0.3 is 0 Å². The minimum atomic E-state index is 0.248. The summed E-state index contributed by atoms with van der Waals surface area (Å²) in [7, 11) is 1.75. The Labute approximate surface area is 147 Å². The number of methoxy groups -OCH3 is 1. The summed E-state index contributed by atoms with van der Waals surface area (Å²) < 4.78 is 5.51. The van der Waals surface area contributed by atoms with Crippen LogP contribution in [-0.4, -0.2) is 33.3 Å². The average Bonchev–Trinajstić information content (AvgIpc) is 2.52. The first-order valence-corrected chi connectivity index (χ1v) is 9.16. The minimum absolute atomic E-state index is 0.248. The van der Waals surface area contributed by atoms with Gasteiger partial charge in [-0.05, 0) is 41.4 Å². The van der Waals surface area contributed by atoms with Gasteiger partial charge in [-0.15, -0.1) is 0 Å². The molecular weight excluding hydrogens is 296 g/mol. The van der Waals surface area contributed by atoms with Crippen molar-refractivity contribution in [2.75, 3.05) is 38.2 Å². The predicted octanol–water partition coefficient (Wildman–Crippen LogP) is 4.33. The summed E-state index contributed by atoms with van der Waals surface area (Å²) in [6, 6.07) is 6.59. The SMILES string of the molecule is COc1ccc(C2=CC(C)(C)CC(C)(C)C2)c(N2CCNCC2)c1. The Morgan fingerprint density at radius 2 is 1.79 bits per heavy atom. The molecule has 3 heteroatoms. The van der Waals surface area contributed by atoms with Crippen LogP contribution in [0.15, 0.2) is 24.3 Å². The molecule has 0 radical (unpaired) electrons. The standard InChI is InChI=1S/C21H32N2O/c1-20(2)13-16(14-21(3,4)15-20)18-7-6-17(24-5)12-19(18)23-10-8-22-9-11-23/h6-7,12-13,22H,8-11,14-15H2,1-5H3. The Hall–Kier alpha value is -1.48. The molecule has 1 N–H and O–H groups in total. The van der Waals surface area contributed by atoms with Gasteiger partial charge in [0, 0.05) is 43.5 Å². The number of hydrogen-bond donors (Lipinski definition) is 1. The number of rotatable bonds is 3. The van der Waals surface area contributed by atoms with E-state index in [9.17, 15) is 0 Å². The zero-order valence-electron chi connectivity index (χ0n) is 15.9. The van der Waals surface area contributed by atoms with Gasteiger partial charge in [-0.25, -0.2) is 0 Å². The molecule has 0 saturated carbocycles. The monoisotopic (exact) mass is 328 g/mol. The molecule has 1 aromatic carbocycles. The molecule has 0 bridgehead atoms. The van der Waals surface area contributed by atoms with Gasteiger partial charge < -0.3 is 15.0 Å². The van der Waals surface area contributed by atoms with Crippen LogP contribution in [0.25, 0.3) is 5.57 Å². The molecule has 1 fully saturated rings. The van der Waals surface area contributed by atoms with Crippen LogP contribution in [0.2, 0.25) is 0 Å². The first-order chi connectivity index (χ1) is 11.3. The van der Waals surface area contributed by atoms with Crippen LogP contribution in [0.5, 0.6) is 5.75 Å². The number of nitrogens with one attached hydrogen (secondary N) is 1. The van der Waals surface area contributed by atoms with Gasteiger partial charge in [-0.1, -0.05) is 33.8 Å². The van der Waals surface area contributed by atoms with Crippen LogP contribution in [0, 0.1) is 10.8 Å². The van der Waals surface area contributed by atoms with Crippen LogP contribution >= 0.6 is 0 Å². The predicted molar refractivity (Wildman–Crippen MR) is 103 cm³/mol. The maximum atomic E-state index is 5.51. The Morgan fingerprint density at radius 1 is 1.08 bits per heavy atom. The summed E-state index contributed by atoms with van der Waals surface area (Å²) in [4.78, 5) is 2.50. The van der Waals surface area contributed by atoms with Crippen molar-refractivity contribution in [2.24, 2.45) is 10.8 Å². The number of allylic oxidation sites excluding steroid dienone is 2. The lowest BCUT2D eigenvalue weighted by Crippen LogP contribution is -2.44. The molecular formula is C21H32N2O. The third-order valence-corrected chi connectivity index (χ3v) is 5.18. The molecule has 0 amide bonds. The van der Waals surface area contributed by atoms with Crippen molar-refractivity contribution in [2.45, 2.75) is 40.5 Å². The highest BCUT2D eigenvalue weighted by Crippen LogP contribution is 2.49. The van der Waals surface area contributed by atoms with Gasteiger partial charge in [0.15, 0.2) is 0 Å². The highest BCUT2D eigenvalue weighted by Gasteiger charge is 2.34. The van der Waals surface area contributed by atoms with Crippen molar-refractivity contribution in [1.82, 2.24) is 5.32 Å². The average molecular weight is 329 g/mol. The van der Waals surface area contributed by atoms with E-state index in [0.29, 0.717) is 5.41 Å². The summed E-state index contributed by atoms with van der Waals surface area (Å²) in [6.07, 6.45) is 4.89. The zero-order valence-corrected chi connectivity index (χ0v) is 15.9. The number of nitrogens with zero attached hydrogens (tertiary/aromatic N) is 1. The summed E-state index contributed by atoms with van der Waals surface area (Å²) in [5.74, 6) is 0.946. The third kappa shape index (κ3) is 3.77. The van der Waals surface area contributed by atoms with E-state index in [2.05, 4.69) is 62.2 Å². The minimum Gasteiger partial charge on any atom is -0.497 e. The number of anilines is 1. The van der Waals surface area contributed by atoms with E-state index in [-0.39, 0.29) is 5.41 Å². The molecule has 0 atom stereocenters. The molecule has 24 heavy (non-hydrogen) atoms. The lowest BCUT2D eigenvalue weighted by molar-refractivity contribution is 0.229. The first kappa shape index (κ1) is 17.3. The van der Waals surface area contributed by atoms with Crippen LogP contribution in [0.1, 0.15) is 46.1 Å². The summed E-state index contributed by atoms with van der Waals surface area (Å²) in [5.41, 5.74) is 4.80. The van der Waals surface area contributed by atoms with Gasteiger partial charge in [0.2, 0.25) is 0 Å². The molecule has 1 aliphatic heterocycles. The Morgan fingerprint density at radius 3 is 2.42 bits per heavy atom. The lowest BCUT2D eigenvalue weighted by Gasteiger charge is -2.40. The normalized spacial score (nSPS) is 22.9. The number of benzene rings is 1. The van der Waals surface area contributed by atoms with Gasteiger partial charge in [-0.3, -0.25) is 0 Å². The van der Waals surface area contributed by atoms with Gasteiger partial charge in [0.05, 0.1) is 7.11 Å². The highest BCUT2D eigenvalue weighted by molar-refractivity contribution is 5.79. The van der Waals surface area contributed by atoms with E-state index in [1.165, 1.54) is 23.2 Å². The molecule has 1 aromatic rings. The number of piperazine rings is 1. The third-order valence-electron chi connectivity index (χ3n) is 5.18. The topological polar surface area (TPSA) is 24.5 Å². The molecule has 132 valence electrons. The van der Waals surface area contributed by atoms with Crippen molar-refractivity contribution >= 4 is 11.3 Å². The maximum absolute atomic E-state index is 5.51. The van der Waals surface area contributed by atoms with E-state index in [0.717, 1.165) is 38.3 Å². The molecule has 1 saturated heterocycles. The van der Waals surface area contributed by atoms with Gasteiger partial charge in [-0.2, -0.15) is 0 Å². The smallest absolute Gasteiger partial charge is 0.120 e. The van der Waals surface area contributed by atoms with Crippen molar-refractivity contribution in [3.63, 3.8) is 0 Å². The van der Waals surface area contributed by atoms with E-state index < -0.39 is 0 Å². The number of ether oxygens (including phenoxy) is 1. The van der Waals surface area contributed by atoms with Gasteiger partial charge in [0.1, 0.15) is 5.75 Å². The Balaban J connectivity index is 2.04. The molecule has 3 rings (SSSR count). The molecule has 1 aliphatic carbocycles. The number of hydrogen-bond acceptors (Lipinski definition) is 3. The second-order valence-corrected chi connectivity index (χ2v) is 8.80. The van der Waals surface area contributed by atoms with E-state index in [1.54, 1.807) is 7.11 Å². The summed E-state index contributed by atoms with van der Waals surface area (Å²) >= 11 is 0. The second-order valence-electron chi connectivity index (χ2n) is 8.80. The van der Waals surface area contributed by atoms with Crippen LogP contribution < -0.4 is 15.0 Å². The molecule has 1 heterocycles. The maximum Gasteiger partial charge on any atom is 0.120 e. The molecule has 2 aliphatic rings. The largest absolute Gasteiger partial charge is 0.497 e. The molecule has 3 nitrogen and oxygen atoms in total. The zero-order chi connectivity index (χ0) is 17.4. The van der Waals surface area contributed by atoms with Crippen molar-refractivity contribution in [1.29, 1.82) is 0 Å². The van der Waals surface area contributed by atoms with E-state index >= 15 is 0 Å². The fraction of sp³-hybridized carbons (Fsp3) is 0.619. The summed E-state index contributed by atoms with van der Waals surface area (Å²) in [5, 5.41) is 3.45. The fourth-order valence-electron chi connectivity index (χ4n) is 4.64. The molecule has 0 unspecified atom stereocenters. The first-order valence-electron chi connectivity index (χ1n) is 9.16. The fourth-order valence-corrected chi connectivity index (χ4v) is 4.64.